The van der Waals surface area contributed by atoms with Crippen molar-refractivity contribution in [2.75, 3.05) is 25.5 Å². The summed E-state index contributed by atoms with van der Waals surface area (Å²) in [6.45, 7) is 2.22. The summed E-state index contributed by atoms with van der Waals surface area (Å²) in [5.41, 5.74) is 9.98. The second kappa shape index (κ2) is 7.56. The maximum absolute atomic E-state index is 6.96. The van der Waals surface area contributed by atoms with E-state index in [4.69, 9.17) is 15.5 Å². The van der Waals surface area contributed by atoms with Crippen LogP contribution in [0.4, 0.5) is 5.82 Å². The number of nitrogens with zero attached hydrogens (tertiary/aromatic N) is 4. The van der Waals surface area contributed by atoms with Gasteiger partial charge in [-0.2, -0.15) is 5.10 Å². The van der Waals surface area contributed by atoms with E-state index in [2.05, 4.69) is 50.6 Å². The molecule has 4 N–H and O–H groups in total. The van der Waals surface area contributed by atoms with Gasteiger partial charge in [-0.25, -0.2) is 9.98 Å². The van der Waals surface area contributed by atoms with Crippen molar-refractivity contribution < 1.29 is 4.74 Å². The zero-order valence-corrected chi connectivity index (χ0v) is 18.3. The standard InChI is InChI=1S/C24H29N7O/c1-31-10-8-15(9-11-31)13-24(25)21-22(29-30-23(21)26-14-27-24)17-2-6-19-16(12-17)3-7-20(28-19)32-18-4-5-18/h2-3,6-7,12,14-15,18H,4-5,8-11,13,25H2,1H3,(H2,26,27,29,30). The van der Waals surface area contributed by atoms with E-state index >= 15 is 0 Å². The molecule has 1 aromatic carbocycles. The van der Waals surface area contributed by atoms with Gasteiger partial charge < -0.3 is 20.7 Å². The number of hydrogen-bond acceptors (Lipinski definition) is 7. The Morgan fingerprint density at radius 2 is 2.00 bits per heavy atom. The number of ether oxygens (including phenoxy) is 1. The lowest BCUT2D eigenvalue weighted by Gasteiger charge is -2.36. The molecule has 1 aliphatic carbocycles. The van der Waals surface area contributed by atoms with Crippen LogP contribution in [-0.2, 0) is 5.66 Å². The molecular formula is C24H29N7O. The third-order valence-corrected chi connectivity index (χ3v) is 6.90. The molecule has 1 unspecified atom stereocenters. The van der Waals surface area contributed by atoms with Gasteiger partial charge in [-0.05, 0) is 76.4 Å². The molecule has 166 valence electrons. The highest BCUT2D eigenvalue weighted by atomic mass is 16.5. The molecule has 1 atom stereocenters. The fourth-order valence-corrected chi connectivity index (χ4v) is 4.90. The van der Waals surface area contributed by atoms with Crippen molar-refractivity contribution in [2.45, 2.75) is 43.9 Å². The van der Waals surface area contributed by atoms with E-state index in [1.54, 1.807) is 6.34 Å². The summed E-state index contributed by atoms with van der Waals surface area (Å²) >= 11 is 0. The average molecular weight is 432 g/mol. The molecule has 2 fully saturated rings. The molecule has 3 aromatic rings. The highest BCUT2D eigenvalue weighted by molar-refractivity contribution is 5.88. The van der Waals surface area contributed by atoms with Gasteiger partial charge in [0.1, 0.15) is 11.8 Å². The number of benzene rings is 1. The lowest BCUT2D eigenvalue weighted by atomic mass is 9.83. The molecule has 6 rings (SSSR count). The molecule has 0 bridgehead atoms. The maximum atomic E-state index is 6.96. The average Bonchev–Trinajstić information content (AvgIpc) is 3.49. The normalized spacial score (nSPS) is 23.8. The number of piperidine rings is 1. The topological polar surface area (TPSA) is 104 Å². The van der Waals surface area contributed by atoms with E-state index < -0.39 is 5.66 Å². The van der Waals surface area contributed by atoms with Crippen LogP contribution in [0.5, 0.6) is 5.88 Å². The van der Waals surface area contributed by atoms with Gasteiger partial charge in [0.15, 0.2) is 5.82 Å². The number of aromatic amines is 1. The minimum absolute atomic E-state index is 0.339. The first-order chi connectivity index (χ1) is 15.6. The number of pyridine rings is 1. The van der Waals surface area contributed by atoms with Crippen LogP contribution >= 0.6 is 0 Å². The summed E-state index contributed by atoms with van der Waals surface area (Å²) in [5.74, 6) is 2.01. The van der Waals surface area contributed by atoms with Crippen LogP contribution in [-0.4, -0.2) is 52.7 Å². The Kier molecular flexibility index (Phi) is 4.66. The van der Waals surface area contributed by atoms with E-state index in [1.165, 1.54) is 0 Å². The van der Waals surface area contributed by atoms with Crippen LogP contribution in [0.25, 0.3) is 22.2 Å². The van der Waals surface area contributed by atoms with Crippen molar-refractivity contribution in [3.05, 3.63) is 35.9 Å². The minimum atomic E-state index is -0.793. The van der Waals surface area contributed by atoms with Crippen molar-refractivity contribution in [1.29, 1.82) is 0 Å². The molecule has 8 heteroatoms. The zero-order chi connectivity index (χ0) is 21.7. The van der Waals surface area contributed by atoms with Crippen molar-refractivity contribution in [3.8, 4) is 17.1 Å². The molecule has 4 heterocycles. The quantitative estimate of drug-likeness (QED) is 0.571. The van der Waals surface area contributed by atoms with Crippen LogP contribution in [0.15, 0.2) is 35.3 Å². The zero-order valence-electron chi connectivity index (χ0n) is 18.3. The smallest absolute Gasteiger partial charge is 0.214 e. The van der Waals surface area contributed by atoms with E-state index in [0.717, 1.165) is 78.7 Å². The highest BCUT2D eigenvalue weighted by Crippen LogP contribution is 2.42. The number of fused-ring (bicyclic) bond motifs is 2. The second-order valence-corrected chi connectivity index (χ2v) is 9.47. The third-order valence-electron chi connectivity index (χ3n) is 6.90. The van der Waals surface area contributed by atoms with Gasteiger partial charge in [-0.15, -0.1) is 0 Å². The molecule has 32 heavy (non-hydrogen) atoms. The van der Waals surface area contributed by atoms with Crippen LogP contribution in [0.2, 0.25) is 0 Å². The van der Waals surface area contributed by atoms with Gasteiger partial charge in [0, 0.05) is 17.0 Å². The molecule has 2 aromatic heterocycles. The number of nitrogens with one attached hydrogen (secondary N) is 2. The first kappa shape index (κ1) is 19.7. The molecule has 2 aliphatic heterocycles. The lowest BCUT2D eigenvalue weighted by molar-refractivity contribution is 0.186. The Hall–Kier alpha value is -2.97. The van der Waals surface area contributed by atoms with Gasteiger partial charge in [0.2, 0.25) is 5.88 Å². The van der Waals surface area contributed by atoms with Crippen LogP contribution in [0.1, 0.15) is 37.7 Å². The largest absolute Gasteiger partial charge is 0.474 e. The van der Waals surface area contributed by atoms with Gasteiger partial charge in [0.05, 0.1) is 23.1 Å². The summed E-state index contributed by atoms with van der Waals surface area (Å²) in [7, 11) is 2.18. The number of aliphatic imine (C=N–C) groups is 1. The first-order valence-electron chi connectivity index (χ1n) is 11.5. The third kappa shape index (κ3) is 3.63. The van der Waals surface area contributed by atoms with Crippen molar-refractivity contribution >= 4 is 23.1 Å². The first-order valence-corrected chi connectivity index (χ1v) is 11.5. The molecule has 0 radical (unpaired) electrons. The molecular weight excluding hydrogens is 402 g/mol. The van der Waals surface area contributed by atoms with E-state index in [-0.39, 0.29) is 0 Å². The molecule has 0 amide bonds. The second-order valence-electron chi connectivity index (χ2n) is 9.47. The number of aromatic nitrogens is 3. The minimum Gasteiger partial charge on any atom is -0.474 e. The molecule has 3 aliphatic rings. The number of rotatable bonds is 5. The van der Waals surface area contributed by atoms with Crippen molar-refractivity contribution in [2.24, 2.45) is 16.6 Å². The van der Waals surface area contributed by atoms with E-state index in [0.29, 0.717) is 17.9 Å². The maximum Gasteiger partial charge on any atom is 0.214 e. The predicted molar refractivity (Wildman–Crippen MR) is 126 cm³/mol. The molecule has 0 spiro atoms. The molecule has 1 saturated carbocycles. The Morgan fingerprint density at radius 1 is 1.16 bits per heavy atom. The van der Waals surface area contributed by atoms with E-state index in [1.807, 2.05) is 12.1 Å². The molecule has 8 nitrogen and oxygen atoms in total. The van der Waals surface area contributed by atoms with Gasteiger partial charge in [-0.3, -0.25) is 5.10 Å². The monoisotopic (exact) mass is 431 g/mol. The summed E-state index contributed by atoms with van der Waals surface area (Å²) in [6.07, 6.45) is 7.38. The Balaban J connectivity index is 1.33. The Labute approximate surface area is 187 Å². The number of anilines is 1. The van der Waals surface area contributed by atoms with E-state index in [9.17, 15) is 0 Å². The highest BCUT2D eigenvalue weighted by Gasteiger charge is 2.39. The molecule has 1 saturated heterocycles. The Morgan fingerprint density at radius 3 is 2.81 bits per heavy atom. The fourth-order valence-electron chi connectivity index (χ4n) is 4.90. The number of likely N-dealkylation sites (tertiary alicyclic amines) is 1. The summed E-state index contributed by atoms with van der Waals surface area (Å²) in [5, 5.41) is 12.0. The number of H-pyrrole nitrogens is 1. The summed E-state index contributed by atoms with van der Waals surface area (Å²) in [6, 6.07) is 10.2. The lowest BCUT2D eigenvalue weighted by Crippen LogP contribution is -2.42. The predicted octanol–water partition coefficient (Wildman–Crippen LogP) is 3.46. The SMILES string of the molecule is CN1CCC(CC2(N)N=CNc3n[nH]c(-c4ccc5nc(OC6CC6)ccc5c4)c32)CC1. The van der Waals surface area contributed by atoms with Crippen LogP contribution in [0.3, 0.4) is 0 Å². The van der Waals surface area contributed by atoms with Crippen LogP contribution < -0.4 is 15.8 Å². The Bertz CT molecular complexity index is 1180. The number of nitrogens with two attached hydrogens (primary N) is 1. The summed E-state index contributed by atoms with van der Waals surface area (Å²) in [4.78, 5) is 11.8. The fraction of sp³-hybridized carbons (Fsp3) is 0.458. The number of hydrogen-bond donors (Lipinski definition) is 3. The van der Waals surface area contributed by atoms with Gasteiger partial charge in [-0.1, -0.05) is 6.07 Å². The van der Waals surface area contributed by atoms with Crippen LogP contribution in [0, 0.1) is 5.92 Å². The van der Waals surface area contributed by atoms with Crippen molar-refractivity contribution in [3.63, 3.8) is 0 Å². The van der Waals surface area contributed by atoms with Crippen molar-refractivity contribution in [1.82, 2.24) is 20.1 Å². The van der Waals surface area contributed by atoms with Gasteiger partial charge >= 0.3 is 0 Å². The summed E-state index contributed by atoms with van der Waals surface area (Å²) < 4.78 is 5.85. The van der Waals surface area contributed by atoms with Gasteiger partial charge in [0.25, 0.3) is 0 Å².